The molecule has 34 heavy (non-hydrogen) atoms. The summed E-state index contributed by atoms with van der Waals surface area (Å²) in [7, 11) is 0. The summed E-state index contributed by atoms with van der Waals surface area (Å²) in [6, 6.07) is 13.6. The maximum atomic E-state index is 5.76. The molecule has 0 aromatic heterocycles. The Bertz CT molecular complexity index is 794. The molecule has 1 saturated carbocycles. The van der Waals surface area contributed by atoms with Crippen LogP contribution >= 0.6 is 0 Å². The van der Waals surface area contributed by atoms with Crippen LogP contribution < -0.4 is 29.6 Å². The first-order chi connectivity index (χ1) is 16.7. The Morgan fingerprint density at radius 2 is 0.912 bits per heavy atom. The Morgan fingerprint density at radius 3 is 1.26 bits per heavy atom. The highest BCUT2D eigenvalue weighted by Crippen LogP contribution is 2.30. The second kappa shape index (κ2) is 14.1. The summed E-state index contributed by atoms with van der Waals surface area (Å²) in [5.74, 6) is 3.30. The zero-order valence-electron chi connectivity index (χ0n) is 21.3. The van der Waals surface area contributed by atoms with Crippen molar-refractivity contribution >= 4 is 0 Å². The van der Waals surface area contributed by atoms with Crippen LogP contribution in [0, 0.1) is 0 Å². The van der Waals surface area contributed by atoms with E-state index in [2.05, 4.69) is 34.9 Å². The molecule has 2 N–H and O–H groups in total. The third-order valence-corrected chi connectivity index (χ3v) is 6.13. The lowest BCUT2D eigenvalue weighted by atomic mass is 9.91. The van der Waals surface area contributed by atoms with Gasteiger partial charge in [0.15, 0.2) is 23.0 Å². The molecule has 1 aliphatic rings. The molecule has 2 aromatic carbocycles. The van der Waals surface area contributed by atoms with Gasteiger partial charge in [-0.3, -0.25) is 0 Å². The molecule has 0 aliphatic heterocycles. The molecule has 1 fully saturated rings. The fraction of sp³-hybridized carbons (Fsp3) is 0.571. The van der Waals surface area contributed by atoms with Gasteiger partial charge in [-0.05, 0) is 88.8 Å². The smallest absolute Gasteiger partial charge is 0.161 e. The van der Waals surface area contributed by atoms with Crippen molar-refractivity contribution in [1.82, 2.24) is 10.6 Å². The van der Waals surface area contributed by atoms with Crippen LogP contribution in [0.5, 0.6) is 23.0 Å². The molecule has 6 nitrogen and oxygen atoms in total. The van der Waals surface area contributed by atoms with Crippen LogP contribution in [-0.4, -0.2) is 38.5 Å². The number of ether oxygens (including phenoxy) is 4. The van der Waals surface area contributed by atoms with Crippen molar-refractivity contribution in [3.63, 3.8) is 0 Å². The molecule has 0 bridgehead atoms. The summed E-state index contributed by atoms with van der Waals surface area (Å²) in [4.78, 5) is 0. The number of nitrogens with one attached hydrogen (secondary N) is 2. The molecule has 0 unspecified atom stereocenters. The molecule has 2 aromatic rings. The lowest BCUT2D eigenvalue weighted by molar-refractivity contribution is 0.286. The van der Waals surface area contributed by atoms with Crippen LogP contribution in [0.2, 0.25) is 0 Å². The Morgan fingerprint density at radius 1 is 0.559 bits per heavy atom. The third-order valence-electron chi connectivity index (χ3n) is 6.13. The van der Waals surface area contributed by atoms with Gasteiger partial charge < -0.3 is 29.6 Å². The lowest BCUT2D eigenvalue weighted by Gasteiger charge is -2.30. The van der Waals surface area contributed by atoms with Gasteiger partial charge in [0.25, 0.3) is 0 Å². The van der Waals surface area contributed by atoms with E-state index in [1.807, 2.05) is 39.8 Å². The van der Waals surface area contributed by atoms with Crippen LogP contribution in [-0.2, 0) is 13.1 Å². The van der Waals surface area contributed by atoms with E-state index in [1.165, 1.54) is 36.8 Å². The molecule has 3 rings (SSSR count). The van der Waals surface area contributed by atoms with Crippen LogP contribution in [0.15, 0.2) is 36.4 Å². The summed E-state index contributed by atoms with van der Waals surface area (Å²) < 4.78 is 22.9. The van der Waals surface area contributed by atoms with Gasteiger partial charge in [-0.2, -0.15) is 0 Å². The van der Waals surface area contributed by atoms with Gasteiger partial charge in [-0.1, -0.05) is 12.1 Å². The summed E-state index contributed by atoms with van der Waals surface area (Å²) in [5, 5.41) is 7.48. The van der Waals surface area contributed by atoms with Crippen molar-refractivity contribution in [3.8, 4) is 23.0 Å². The zero-order chi connectivity index (χ0) is 24.2. The Hall–Kier alpha value is -2.44. The molecule has 0 spiro atoms. The fourth-order valence-corrected chi connectivity index (χ4v) is 4.44. The van der Waals surface area contributed by atoms with E-state index in [0.717, 1.165) is 36.1 Å². The van der Waals surface area contributed by atoms with Crippen LogP contribution in [0.3, 0.4) is 0 Å². The van der Waals surface area contributed by atoms with Crippen molar-refractivity contribution in [2.24, 2.45) is 0 Å². The van der Waals surface area contributed by atoms with Gasteiger partial charge >= 0.3 is 0 Å². The van der Waals surface area contributed by atoms with Crippen LogP contribution in [0.4, 0.5) is 0 Å². The number of benzene rings is 2. The molecule has 0 amide bonds. The van der Waals surface area contributed by atoms with Crippen molar-refractivity contribution in [3.05, 3.63) is 47.5 Å². The van der Waals surface area contributed by atoms with E-state index >= 15 is 0 Å². The molecule has 0 saturated heterocycles. The maximum absolute atomic E-state index is 5.76. The quantitative estimate of drug-likeness (QED) is 0.382. The highest BCUT2D eigenvalue weighted by atomic mass is 16.5. The first-order valence-corrected chi connectivity index (χ1v) is 12.9. The number of hydrogen-bond acceptors (Lipinski definition) is 6. The Kier molecular flexibility index (Phi) is 10.8. The average Bonchev–Trinajstić information content (AvgIpc) is 2.85. The van der Waals surface area contributed by atoms with Gasteiger partial charge in [0.05, 0.1) is 26.4 Å². The largest absolute Gasteiger partial charge is 0.490 e. The van der Waals surface area contributed by atoms with E-state index < -0.39 is 0 Å². The third kappa shape index (κ3) is 7.81. The average molecular weight is 471 g/mol. The highest BCUT2D eigenvalue weighted by Gasteiger charge is 2.21. The summed E-state index contributed by atoms with van der Waals surface area (Å²) in [5.41, 5.74) is 2.46. The molecule has 0 heterocycles. The summed E-state index contributed by atoms with van der Waals surface area (Å²) >= 11 is 0. The fourth-order valence-electron chi connectivity index (χ4n) is 4.44. The van der Waals surface area contributed by atoms with Gasteiger partial charge in [-0.15, -0.1) is 0 Å². The normalized spacial score (nSPS) is 17.9. The highest BCUT2D eigenvalue weighted by molar-refractivity contribution is 5.43. The zero-order valence-corrected chi connectivity index (χ0v) is 21.3. The maximum Gasteiger partial charge on any atom is 0.161 e. The van der Waals surface area contributed by atoms with E-state index in [0.29, 0.717) is 38.5 Å². The van der Waals surface area contributed by atoms with E-state index in [4.69, 9.17) is 18.9 Å². The second-order valence-electron chi connectivity index (χ2n) is 8.60. The van der Waals surface area contributed by atoms with Crippen LogP contribution in [0.25, 0.3) is 0 Å². The number of hydrogen-bond donors (Lipinski definition) is 2. The SMILES string of the molecule is CCOc1ccc(CNC2CCC(NCc3ccc(OCC)c(OCC)c3)CC2)cc1OCC. The van der Waals surface area contributed by atoms with Crippen molar-refractivity contribution < 1.29 is 18.9 Å². The summed E-state index contributed by atoms with van der Waals surface area (Å²) in [6.07, 6.45) is 4.72. The van der Waals surface area contributed by atoms with Crippen LogP contribution in [0.1, 0.15) is 64.5 Å². The minimum absolute atomic E-state index is 0.551. The van der Waals surface area contributed by atoms with E-state index in [1.54, 1.807) is 0 Å². The molecule has 6 heteroatoms. The van der Waals surface area contributed by atoms with Crippen molar-refractivity contribution in [2.75, 3.05) is 26.4 Å². The molecular formula is C28H42N2O4. The molecule has 0 radical (unpaired) electrons. The minimum atomic E-state index is 0.551. The van der Waals surface area contributed by atoms with E-state index in [9.17, 15) is 0 Å². The van der Waals surface area contributed by atoms with Gasteiger partial charge in [0, 0.05) is 25.2 Å². The van der Waals surface area contributed by atoms with Gasteiger partial charge in [0.1, 0.15) is 0 Å². The summed E-state index contributed by atoms with van der Waals surface area (Å²) in [6.45, 7) is 12.2. The van der Waals surface area contributed by atoms with Gasteiger partial charge in [-0.25, -0.2) is 0 Å². The molecular weight excluding hydrogens is 428 g/mol. The van der Waals surface area contributed by atoms with Crippen molar-refractivity contribution in [1.29, 1.82) is 0 Å². The Balaban J connectivity index is 1.43. The molecule has 0 atom stereocenters. The molecule has 1 aliphatic carbocycles. The standard InChI is InChI=1S/C28H42N2O4/c1-5-31-25-15-9-21(17-27(25)33-7-3)19-29-23-11-13-24(14-12-23)30-20-22-10-16-26(32-6-2)28(18-22)34-8-4/h9-10,15-18,23-24,29-30H,5-8,11-14,19-20H2,1-4H3. The van der Waals surface area contributed by atoms with Gasteiger partial charge in [0.2, 0.25) is 0 Å². The minimum Gasteiger partial charge on any atom is -0.490 e. The Labute approximate surface area is 205 Å². The number of rotatable bonds is 14. The molecule has 188 valence electrons. The second-order valence-corrected chi connectivity index (χ2v) is 8.60. The topological polar surface area (TPSA) is 61.0 Å². The predicted molar refractivity (Wildman–Crippen MR) is 137 cm³/mol. The first kappa shape index (κ1) is 26.2. The lowest BCUT2D eigenvalue weighted by Crippen LogP contribution is -2.39. The van der Waals surface area contributed by atoms with Crippen molar-refractivity contribution in [2.45, 2.75) is 78.6 Å². The monoisotopic (exact) mass is 470 g/mol. The predicted octanol–water partition coefficient (Wildman–Crippen LogP) is 5.47. The van der Waals surface area contributed by atoms with E-state index in [-0.39, 0.29) is 0 Å². The first-order valence-electron chi connectivity index (χ1n) is 12.9.